The number of aliphatic hydroxyl groups excluding tert-OH is 4. The van der Waals surface area contributed by atoms with Crippen molar-refractivity contribution in [2.75, 3.05) is 20.3 Å². The monoisotopic (exact) mass is 464 g/mol. The first kappa shape index (κ1) is 23.1. The number of phenolic OH excluding ortho intramolecular Hbond substituents is 2. The minimum Gasteiger partial charge on any atom is -0.504 e. The van der Waals surface area contributed by atoms with Crippen LogP contribution in [0.25, 0.3) is 0 Å². The van der Waals surface area contributed by atoms with E-state index in [0.29, 0.717) is 5.56 Å². The lowest BCUT2D eigenvalue weighted by atomic mass is 9.88. The van der Waals surface area contributed by atoms with E-state index >= 15 is 0 Å². The van der Waals surface area contributed by atoms with Crippen LogP contribution in [0.15, 0.2) is 30.3 Å². The minimum atomic E-state index is -1.57. The Labute approximate surface area is 188 Å². The van der Waals surface area contributed by atoms with Gasteiger partial charge in [0.25, 0.3) is 0 Å². The molecule has 6 unspecified atom stereocenters. The topological polar surface area (TPSA) is 175 Å². The third-order valence-corrected chi connectivity index (χ3v) is 5.75. The number of phenols is 2. The van der Waals surface area contributed by atoms with Crippen LogP contribution in [0.1, 0.15) is 21.8 Å². The molecule has 11 nitrogen and oxygen atoms in total. The van der Waals surface area contributed by atoms with Crippen LogP contribution in [0.3, 0.4) is 0 Å². The maximum Gasteiger partial charge on any atom is 0.229 e. The molecule has 2 heterocycles. The number of aromatic hydroxyl groups is 2. The highest BCUT2D eigenvalue weighted by Gasteiger charge is 2.44. The summed E-state index contributed by atoms with van der Waals surface area (Å²) in [6.45, 7) is -0.603. The Balaban J connectivity index is 1.52. The third-order valence-electron chi connectivity index (χ3n) is 5.75. The van der Waals surface area contributed by atoms with Gasteiger partial charge < -0.3 is 49.6 Å². The van der Waals surface area contributed by atoms with E-state index in [9.17, 15) is 35.4 Å². The lowest BCUT2D eigenvalue weighted by Gasteiger charge is -2.39. The van der Waals surface area contributed by atoms with Crippen LogP contribution in [0, 0.1) is 0 Å². The molecular formula is C22H24O11. The molecule has 2 aromatic carbocycles. The second-order valence-corrected chi connectivity index (χ2v) is 7.76. The first-order valence-corrected chi connectivity index (χ1v) is 10.1. The molecule has 4 rings (SSSR count). The predicted molar refractivity (Wildman–Crippen MR) is 110 cm³/mol. The van der Waals surface area contributed by atoms with Gasteiger partial charge in [0, 0.05) is 6.07 Å². The van der Waals surface area contributed by atoms with Crippen LogP contribution in [0.5, 0.6) is 28.7 Å². The van der Waals surface area contributed by atoms with Gasteiger partial charge in [-0.1, -0.05) is 12.1 Å². The summed E-state index contributed by atoms with van der Waals surface area (Å²) >= 11 is 0. The van der Waals surface area contributed by atoms with E-state index in [0.717, 1.165) is 0 Å². The van der Waals surface area contributed by atoms with Crippen molar-refractivity contribution in [1.29, 1.82) is 0 Å². The summed E-state index contributed by atoms with van der Waals surface area (Å²) in [6.07, 6.45) is -7.06. The molecule has 178 valence electrons. The molecule has 2 aromatic rings. The minimum absolute atomic E-state index is 0.0239. The first-order valence-electron chi connectivity index (χ1n) is 10.1. The molecule has 0 saturated carbocycles. The van der Waals surface area contributed by atoms with E-state index in [1.54, 1.807) is 12.1 Å². The van der Waals surface area contributed by atoms with Crippen molar-refractivity contribution in [2.24, 2.45) is 0 Å². The molecule has 6 N–H and O–H groups in total. The normalized spacial score (nSPS) is 29.2. The zero-order valence-electron chi connectivity index (χ0n) is 17.5. The molecule has 11 heteroatoms. The van der Waals surface area contributed by atoms with Crippen LogP contribution < -0.4 is 14.2 Å². The third kappa shape index (κ3) is 4.05. The molecule has 0 aliphatic carbocycles. The summed E-state index contributed by atoms with van der Waals surface area (Å²) in [4.78, 5) is 13.1. The molecule has 1 saturated heterocycles. The van der Waals surface area contributed by atoms with Crippen LogP contribution >= 0.6 is 0 Å². The average molecular weight is 464 g/mol. The Morgan fingerprint density at radius 1 is 1.06 bits per heavy atom. The summed E-state index contributed by atoms with van der Waals surface area (Å²) in [7, 11) is 1.25. The lowest BCUT2D eigenvalue weighted by molar-refractivity contribution is -0.277. The molecule has 0 amide bonds. The molecule has 2 aliphatic rings. The maximum absolute atomic E-state index is 13.1. The molecule has 6 atom stereocenters. The maximum atomic E-state index is 13.1. The number of benzene rings is 2. The Bertz CT molecular complexity index is 1020. The Morgan fingerprint density at radius 3 is 2.39 bits per heavy atom. The van der Waals surface area contributed by atoms with Crippen molar-refractivity contribution in [3.63, 3.8) is 0 Å². The first-order chi connectivity index (χ1) is 15.8. The highest BCUT2D eigenvalue weighted by atomic mass is 16.7. The SMILES string of the molecule is COc1c(O)cc2c(c1O)C(=O)C(c1ccc(OC3OC(CO)C(O)C(O)C3O)cc1)CO2. The standard InChI is InChI=1S/C22H24O11/c1-30-21-12(24)6-13-15(18(21)27)16(25)11(8-31-13)9-2-4-10(5-3-9)32-22-20(29)19(28)17(26)14(7-23)33-22/h2-6,11,14,17,19-20,22-24,26-29H,7-8H2,1H3. The number of ether oxygens (including phenoxy) is 4. The zero-order chi connectivity index (χ0) is 23.9. The second-order valence-electron chi connectivity index (χ2n) is 7.76. The summed E-state index contributed by atoms with van der Waals surface area (Å²) < 4.78 is 21.4. The van der Waals surface area contributed by atoms with Gasteiger partial charge in [-0.2, -0.15) is 0 Å². The van der Waals surface area contributed by atoms with E-state index < -0.39 is 54.8 Å². The fourth-order valence-electron chi connectivity index (χ4n) is 3.91. The highest BCUT2D eigenvalue weighted by Crippen LogP contribution is 2.47. The van der Waals surface area contributed by atoms with E-state index in [1.165, 1.54) is 25.3 Å². The Hall–Kier alpha value is -3.09. The van der Waals surface area contributed by atoms with Gasteiger partial charge in [0.15, 0.2) is 17.3 Å². The molecule has 1 fully saturated rings. The molecular weight excluding hydrogens is 440 g/mol. The Kier molecular flexibility index (Phi) is 6.32. The van der Waals surface area contributed by atoms with Gasteiger partial charge >= 0.3 is 0 Å². The van der Waals surface area contributed by atoms with Crippen LogP contribution in [0.2, 0.25) is 0 Å². The van der Waals surface area contributed by atoms with Crippen molar-refractivity contribution in [3.8, 4) is 28.7 Å². The average Bonchev–Trinajstić information content (AvgIpc) is 2.80. The van der Waals surface area contributed by atoms with Crippen LogP contribution in [-0.2, 0) is 4.74 Å². The van der Waals surface area contributed by atoms with Crippen molar-refractivity contribution < 1.29 is 54.4 Å². The van der Waals surface area contributed by atoms with Gasteiger partial charge in [-0.05, 0) is 17.7 Å². The van der Waals surface area contributed by atoms with Crippen molar-refractivity contribution >= 4 is 5.78 Å². The Morgan fingerprint density at radius 2 is 1.76 bits per heavy atom. The summed E-state index contributed by atoms with van der Waals surface area (Å²) in [6, 6.07) is 7.41. The number of hydrogen-bond acceptors (Lipinski definition) is 11. The van der Waals surface area contributed by atoms with Crippen LogP contribution in [-0.4, -0.2) is 87.5 Å². The summed E-state index contributed by atoms with van der Waals surface area (Å²) in [5, 5.41) is 59.4. The largest absolute Gasteiger partial charge is 0.504 e. The van der Waals surface area contributed by atoms with Gasteiger partial charge in [-0.3, -0.25) is 4.79 Å². The number of Topliss-reactive ketones (excluding diaryl/α,β-unsaturated/α-hetero) is 1. The number of fused-ring (bicyclic) bond motifs is 1. The van der Waals surface area contributed by atoms with Gasteiger partial charge in [0.2, 0.25) is 12.0 Å². The molecule has 0 radical (unpaired) electrons. The summed E-state index contributed by atoms with van der Waals surface area (Å²) in [5.74, 6) is -1.97. The van der Waals surface area contributed by atoms with Gasteiger partial charge in [-0.25, -0.2) is 0 Å². The fourth-order valence-corrected chi connectivity index (χ4v) is 3.91. The number of ketones is 1. The molecule has 33 heavy (non-hydrogen) atoms. The van der Waals surface area contributed by atoms with E-state index in [1.807, 2.05) is 0 Å². The summed E-state index contributed by atoms with van der Waals surface area (Å²) in [5.41, 5.74) is 0.459. The number of carbonyl (C=O) groups excluding carboxylic acids is 1. The molecule has 0 aromatic heterocycles. The van der Waals surface area contributed by atoms with Crippen molar-refractivity contribution in [1.82, 2.24) is 0 Å². The van der Waals surface area contributed by atoms with Gasteiger partial charge in [0.05, 0.1) is 19.6 Å². The predicted octanol–water partition coefficient (Wildman–Crippen LogP) is -0.356. The zero-order valence-corrected chi connectivity index (χ0v) is 17.5. The molecule has 0 bridgehead atoms. The van der Waals surface area contributed by atoms with E-state index in [2.05, 4.69) is 0 Å². The molecule has 2 aliphatic heterocycles. The van der Waals surface area contributed by atoms with Gasteiger partial charge in [0.1, 0.15) is 48.1 Å². The van der Waals surface area contributed by atoms with E-state index in [4.69, 9.17) is 18.9 Å². The van der Waals surface area contributed by atoms with Crippen molar-refractivity contribution in [3.05, 3.63) is 41.5 Å². The quantitative estimate of drug-likeness (QED) is 0.341. The van der Waals surface area contributed by atoms with Crippen LogP contribution in [0.4, 0.5) is 0 Å². The van der Waals surface area contributed by atoms with Gasteiger partial charge in [-0.15, -0.1) is 0 Å². The number of rotatable bonds is 5. The number of methoxy groups -OCH3 is 1. The smallest absolute Gasteiger partial charge is 0.229 e. The van der Waals surface area contributed by atoms with E-state index in [-0.39, 0.29) is 35.2 Å². The van der Waals surface area contributed by atoms with Crippen molar-refractivity contribution in [2.45, 2.75) is 36.6 Å². The molecule has 0 spiro atoms. The highest BCUT2D eigenvalue weighted by molar-refractivity contribution is 6.07. The number of aliphatic hydroxyl groups is 4. The number of carbonyl (C=O) groups is 1. The number of hydrogen-bond donors (Lipinski definition) is 6. The lowest BCUT2D eigenvalue weighted by Crippen LogP contribution is -2.60. The second kappa shape index (κ2) is 9.04. The fraction of sp³-hybridized carbons (Fsp3) is 0.409.